The maximum Gasteiger partial charge on any atom is 0.335 e. The van der Waals surface area contributed by atoms with Gasteiger partial charge in [-0.3, -0.25) is 4.72 Å². The first-order chi connectivity index (χ1) is 9.81. The van der Waals surface area contributed by atoms with Gasteiger partial charge in [-0.2, -0.15) is 0 Å². The van der Waals surface area contributed by atoms with E-state index in [0.29, 0.717) is 6.07 Å². The molecule has 9 heteroatoms. The third kappa shape index (κ3) is 3.29. The van der Waals surface area contributed by atoms with Crippen molar-refractivity contribution in [2.24, 2.45) is 0 Å². The largest absolute Gasteiger partial charge is 0.478 e. The maximum absolute atomic E-state index is 13.7. The van der Waals surface area contributed by atoms with Gasteiger partial charge in [-0.25, -0.2) is 22.6 Å². The van der Waals surface area contributed by atoms with Crippen molar-refractivity contribution in [2.45, 2.75) is 4.90 Å². The predicted octanol–water partition coefficient (Wildman–Crippen LogP) is 2.37. The van der Waals surface area contributed by atoms with Crippen molar-refractivity contribution in [1.29, 1.82) is 0 Å². The van der Waals surface area contributed by atoms with Crippen LogP contribution in [0, 0.1) is 5.82 Å². The molecule has 0 amide bonds. The highest BCUT2D eigenvalue weighted by Crippen LogP contribution is 2.23. The zero-order chi connectivity index (χ0) is 15.6. The Kier molecular flexibility index (Phi) is 4.10. The van der Waals surface area contributed by atoms with Crippen LogP contribution in [0.3, 0.4) is 0 Å². The highest BCUT2D eigenvalue weighted by Gasteiger charge is 2.20. The Morgan fingerprint density at radius 2 is 2.05 bits per heavy atom. The lowest BCUT2D eigenvalue weighted by Gasteiger charge is -2.10. The molecule has 1 heterocycles. The van der Waals surface area contributed by atoms with Crippen LogP contribution < -0.4 is 4.72 Å². The molecule has 0 fully saturated rings. The summed E-state index contributed by atoms with van der Waals surface area (Å²) in [6, 6.07) is 5.38. The summed E-state index contributed by atoms with van der Waals surface area (Å²) in [4.78, 5) is 14.0. The number of anilines is 1. The van der Waals surface area contributed by atoms with E-state index < -0.39 is 21.8 Å². The van der Waals surface area contributed by atoms with E-state index in [1.165, 1.54) is 18.3 Å². The number of pyridine rings is 1. The lowest BCUT2D eigenvalue weighted by molar-refractivity contribution is 0.0696. The molecule has 0 aliphatic carbocycles. The molecule has 2 rings (SSSR count). The molecular formula is C12H8ClFN2O4S. The number of sulfonamides is 1. The second-order valence-electron chi connectivity index (χ2n) is 3.90. The molecule has 0 saturated heterocycles. The summed E-state index contributed by atoms with van der Waals surface area (Å²) in [7, 11) is -4.13. The molecule has 6 nitrogen and oxygen atoms in total. The Morgan fingerprint density at radius 3 is 2.62 bits per heavy atom. The molecular weight excluding hydrogens is 323 g/mol. The number of carboxylic acids is 1. The SMILES string of the molecule is O=C(O)c1ccc(NS(=O)(=O)c2cccnc2Cl)c(F)c1. The minimum Gasteiger partial charge on any atom is -0.478 e. The van der Waals surface area contributed by atoms with Crippen molar-refractivity contribution < 1.29 is 22.7 Å². The summed E-state index contributed by atoms with van der Waals surface area (Å²) in [6.45, 7) is 0. The van der Waals surface area contributed by atoms with Crippen molar-refractivity contribution in [2.75, 3.05) is 4.72 Å². The van der Waals surface area contributed by atoms with E-state index in [2.05, 4.69) is 4.98 Å². The van der Waals surface area contributed by atoms with Crippen LogP contribution in [-0.4, -0.2) is 24.5 Å². The first kappa shape index (κ1) is 15.2. The van der Waals surface area contributed by atoms with Crippen LogP contribution in [0.15, 0.2) is 41.4 Å². The molecule has 0 radical (unpaired) electrons. The molecule has 110 valence electrons. The number of carbonyl (C=O) groups is 1. The topological polar surface area (TPSA) is 96.4 Å². The minimum atomic E-state index is -4.13. The number of hydrogen-bond acceptors (Lipinski definition) is 4. The van der Waals surface area contributed by atoms with Gasteiger partial charge in [0.05, 0.1) is 11.3 Å². The van der Waals surface area contributed by atoms with E-state index in [0.717, 1.165) is 12.1 Å². The lowest BCUT2D eigenvalue weighted by Crippen LogP contribution is -2.15. The second kappa shape index (κ2) is 5.66. The van der Waals surface area contributed by atoms with E-state index in [4.69, 9.17) is 16.7 Å². The molecule has 0 aliphatic heterocycles. The number of aromatic carboxylic acids is 1. The summed E-state index contributed by atoms with van der Waals surface area (Å²) >= 11 is 5.68. The van der Waals surface area contributed by atoms with Crippen molar-refractivity contribution in [1.82, 2.24) is 4.98 Å². The van der Waals surface area contributed by atoms with Gasteiger partial charge in [0, 0.05) is 6.20 Å². The number of halogens is 2. The molecule has 1 aromatic heterocycles. The van der Waals surface area contributed by atoms with Gasteiger partial charge in [0.15, 0.2) is 0 Å². The first-order valence-corrected chi connectivity index (χ1v) is 7.33. The average Bonchev–Trinajstić information content (AvgIpc) is 2.41. The van der Waals surface area contributed by atoms with Crippen LogP contribution >= 0.6 is 11.6 Å². The van der Waals surface area contributed by atoms with Gasteiger partial charge in [-0.05, 0) is 30.3 Å². The number of rotatable bonds is 4. The van der Waals surface area contributed by atoms with Gasteiger partial charge in [0.2, 0.25) is 0 Å². The van der Waals surface area contributed by atoms with Crippen molar-refractivity contribution in [3.05, 3.63) is 53.1 Å². The monoisotopic (exact) mass is 330 g/mol. The van der Waals surface area contributed by atoms with E-state index in [1.807, 2.05) is 4.72 Å². The Bertz CT molecular complexity index is 811. The highest BCUT2D eigenvalue weighted by atomic mass is 35.5. The summed E-state index contributed by atoms with van der Waals surface area (Å²) in [5, 5.41) is 8.46. The number of nitrogens with one attached hydrogen (secondary N) is 1. The average molecular weight is 331 g/mol. The summed E-state index contributed by atoms with van der Waals surface area (Å²) in [5.74, 6) is -2.34. The molecule has 0 atom stereocenters. The molecule has 2 N–H and O–H groups in total. The fraction of sp³-hybridized carbons (Fsp3) is 0. The second-order valence-corrected chi connectivity index (χ2v) is 5.91. The van der Waals surface area contributed by atoms with E-state index >= 15 is 0 Å². The lowest BCUT2D eigenvalue weighted by atomic mass is 10.2. The highest BCUT2D eigenvalue weighted by molar-refractivity contribution is 7.92. The zero-order valence-electron chi connectivity index (χ0n) is 10.2. The number of carboxylic acid groups (broad SMARTS) is 1. The Morgan fingerprint density at radius 1 is 1.33 bits per heavy atom. The van der Waals surface area contributed by atoms with Gasteiger partial charge < -0.3 is 5.11 Å². The molecule has 0 spiro atoms. The number of benzene rings is 1. The first-order valence-electron chi connectivity index (χ1n) is 5.47. The van der Waals surface area contributed by atoms with Gasteiger partial charge in [-0.1, -0.05) is 11.6 Å². The molecule has 2 aromatic rings. The maximum atomic E-state index is 13.7. The molecule has 0 bridgehead atoms. The summed E-state index contributed by atoms with van der Waals surface area (Å²) < 4.78 is 39.9. The Hall–Kier alpha value is -2.19. The van der Waals surface area contributed by atoms with Crippen LogP contribution in [0.1, 0.15) is 10.4 Å². The summed E-state index contributed by atoms with van der Waals surface area (Å²) in [6.07, 6.45) is 1.31. The molecule has 21 heavy (non-hydrogen) atoms. The Balaban J connectivity index is 2.38. The van der Waals surface area contributed by atoms with Gasteiger partial charge in [0.25, 0.3) is 10.0 Å². The smallest absolute Gasteiger partial charge is 0.335 e. The van der Waals surface area contributed by atoms with E-state index in [-0.39, 0.29) is 21.3 Å². The third-order valence-electron chi connectivity index (χ3n) is 2.47. The normalized spacial score (nSPS) is 11.1. The number of nitrogens with zero attached hydrogens (tertiary/aromatic N) is 1. The quantitative estimate of drug-likeness (QED) is 0.839. The van der Waals surface area contributed by atoms with Crippen LogP contribution in [0.5, 0.6) is 0 Å². The van der Waals surface area contributed by atoms with Gasteiger partial charge in [-0.15, -0.1) is 0 Å². The molecule has 1 aromatic carbocycles. The van der Waals surface area contributed by atoms with Crippen LogP contribution in [0.2, 0.25) is 5.15 Å². The fourth-order valence-corrected chi connectivity index (χ4v) is 3.02. The van der Waals surface area contributed by atoms with Crippen molar-refractivity contribution in [3.63, 3.8) is 0 Å². The third-order valence-corrected chi connectivity index (χ3v) is 4.29. The van der Waals surface area contributed by atoms with Crippen molar-refractivity contribution in [3.8, 4) is 0 Å². The zero-order valence-corrected chi connectivity index (χ0v) is 11.8. The summed E-state index contributed by atoms with van der Waals surface area (Å²) in [5.41, 5.74) is -0.685. The van der Waals surface area contributed by atoms with Crippen molar-refractivity contribution >= 4 is 33.3 Å². The molecule has 0 aliphatic rings. The minimum absolute atomic E-state index is 0.257. The van der Waals surface area contributed by atoms with E-state index in [9.17, 15) is 17.6 Å². The van der Waals surface area contributed by atoms with Crippen LogP contribution in [-0.2, 0) is 10.0 Å². The van der Waals surface area contributed by atoms with Gasteiger partial charge in [0.1, 0.15) is 15.9 Å². The Labute approximate surface area is 124 Å². The van der Waals surface area contributed by atoms with Crippen LogP contribution in [0.4, 0.5) is 10.1 Å². The standard InChI is InChI=1S/C12H8ClFN2O4S/c13-11-10(2-1-5-15-11)21(19,20)16-9-4-3-7(12(17)18)6-8(9)14/h1-6,16H,(H,17,18). The van der Waals surface area contributed by atoms with Crippen LogP contribution in [0.25, 0.3) is 0 Å². The number of aromatic nitrogens is 1. The van der Waals surface area contributed by atoms with Gasteiger partial charge >= 0.3 is 5.97 Å². The predicted molar refractivity (Wildman–Crippen MR) is 73.4 cm³/mol. The number of hydrogen-bond donors (Lipinski definition) is 2. The fourth-order valence-electron chi connectivity index (χ4n) is 1.50. The van der Waals surface area contributed by atoms with E-state index in [1.54, 1.807) is 0 Å². The molecule has 0 saturated carbocycles. The molecule has 0 unspecified atom stereocenters.